The van der Waals surface area contributed by atoms with Crippen LogP contribution in [-0.4, -0.2) is 50.0 Å². The first-order valence-corrected chi connectivity index (χ1v) is 16.8. The summed E-state index contributed by atoms with van der Waals surface area (Å²) in [6.07, 6.45) is 8.58. The quantitative estimate of drug-likeness (QED) is 0.214. The number of anilines is 1. The predicted molar refractivity (Wildman–Crippen MR) is 175 cm³/mol. The van der Waals surface area contributed by atoms with Crippen LogP contribution in [0.15, 0.2) is 66.9 Å². The van der Waals surface area contributed by atoms with Gasteiger partial charge in [0, 0.05) is 60.4 Å². The number of hydrogen-bond donors (Lipinski definition) is 0. The van der Waals surface area contributed by atoms with Gasteiger partial charge in [-0.3, -0.25) is 9.59 Å². The summed E-state index contributed by atoms with van der Waals surface area (Å²) in [7, 11) is 0. The Morgan fingerprint density at radius 3 is 2.53 bits per heavy atom. The maximum absolute atomic E-state index is 13.6. The monoisotopic (exact) mass is 595 g/mol. The number of fused-ring (bicyclic) bond motifs is 2. The lowest BCUT2D eigenvalue weighted by molar-refractivity contribution is -0.117. The first kappa shape index (κ1) is 25.9. The van der Waals surface area contributed by atoms with Gasteiger partial charge in [0.2, 0.25) is 5.91 Å². The number of pyridine rings is 1. The predicted octanol–water partition coefficient (Wildman–Crippen LogP) is 6.95. The summed E-state index contributed by atoms with van der Waals surface area (Å²) >= 11 is 0. The molecule has 2 aliphatic heterocycles. The Morgan fingerprint density at radius 1 is 0.933 bits per heavy atom. The number of rotatable bonds is 6. The van der Waals surface area contributed by atoms with Gasteiger partial charge in [-0.1, -0.05) is 24.3 Å². The summed E-state index contributed by atoms with van der Waals surface area (Å²) in [6, 6.07) is 22.0. The van der Waals surface area contributed by atoms with Crippen LogP contribution < -0.4 is 4.90 Å². The fourth-order valence-corrected chi connectivity index (χ4v) is 9.05. The summed E-state index contributed by atoms with van der Waals surface area (Å²) in [5, 5.41) is 6.35. The van der Waals surface area contributed by atoms with Crippen LogP contribution in [-0.2, 0) is 11.3 Å². The van der Waals surface area contributed by atoms with Gasteiger partial charge in [-0.25, -0.2) is 4.52 Å². The number of nitrogens with zero attached hydrogens (tertiary/aromatic N) is 5. The molecule has 10 rings (SSSR count). The lowest BCUT2D eigenvalue weighted by Gasteiger charge is -2.52. The van der Waals surface area contributed by atoms with Crippen molar-refractivity contribution in [3.63, 3.8) is 0 Å². The van der Waals surface area contributed by atoms with E-state index in [9.17, 15) is 9.59 Å². The number of carbonyl (C=O) groups is 2. The summed E-state index contributed by atoms with van der Waals surface area (Å²) in [6.45, 7) is 4.87. The minimum absolute atomic E-state index is 0.167. The van der Waals surface area contributed by atoms with Gasteiger partial charge in [-0.2, -0.15) is 5.10 Å². The highest BCUT2D eigenvalue weighted by molar-refractivity contribution is 5.97. The van der Waals surface area contributed by atoms with Gasteiger partial charge in [0.25, 0.3) is 5.91 Å². The molecule has 3 aliphatic carbocycles. The van der Waals surface area contributed by atoms with E-state index >= 15 is 0 Å². The number of aryl methyl sites for hydroxylation is 1. The maximum Gasteiger partial charge on any atom is 0.255 e. The Hall–Kier alpha value is -4.39. The third-order valence-electron chi connectivity index (χ3n) is 11.8. The lowest BCUT2D eigenvalue weighted by atomic mass is 9.53. The largest absolute Gasteiger partial charge is 0.339 e. The van der Waals surface area contributed by atoms with Crippen molar-refractivity contribution in [2.24, 2.45) is 23.7 Å². The van der Waals surface area contributed by atoms with Crippen molar-refractivity contribution in [2.45, 2.75) is 58.0 Å². The van der Waals surface area contributed by atoms with Crippen molar-refractivity contribution in [3.05, 3.63) is 78.0 Å². The second kappa shape index (κ2) is 9.32. The Kier molecular flexibility index (Phi) is 5.36. The van der Waals surface area contributed by atoms with Crippen molar-refractivity contribution in [1.82, 2.24) is 19.1 Å². The van der Waals surface area contributed by atoms with Crippen molar-refractivity contribution in [3.8, 4) is 22.5 Å². The van der Waals surface area contributed by atoms with Crippen molar-refractivity contribution in [1.29, 1.82) is 0 Å². The van der Waals surface area contributed by atoms with E-state index < -0.39 is 0 Å². The van der Waals surface area contributed by atoms with Crippen LogP contribution in [0, 0.1) is 30.6 Å². The first-order valence-electron chi connectivity index (χ1n) is 16.8. The van der Waals surface area contributed by atoms with Crippen molar-refractivity contribution < 1.29 is 9.59 Å². The topological polar surface area (TPSA) is 62.9 Å². The number of carbonyl (C=O) groups excluding carboxylic acids is 2. The van der Waals surface area contributed by atoms with Gasteiger partial charge in [0.15, 0.2) is 0 Å². The van der Waals surface area contributed by atoms with Crippen molar-refractivity contribution >= 4 is 33.9 Å². The fraction of sp³-hybridized carbons (Fsp3) is 0.395. The summed E-state index contributed by atoms with van der Waals surface area (Å²) in [5.41, 5.74) is 9.59. The number of amides is 2. The Balaban J connectivity index is 1.01. The number of benzene rings is 2. The third-order valence-corrected chi connectivity index (χ3v) is 11.8. The SMILES string of the molecule is Cc1c(-c2cc3ccc(-c4ccc(N5CCCC5=O)cc4)cc3n2CC2CC2)nn2cc(C(=O)N3CC4CC5CC3[C@H]54)ccc12. The molecule has 2 amide bonds. The molecule has 3 unspecified atom stereocenters. The molecule has 0 radical (unpaired) electrons. The standard InChI is InChI=1S/C38H37N5O2/c1-22-31-13-10-27(38(45)42-20-29-15-28-18-33(42)36(28)29)21-43(31)39-37(22)34-17-26-7-6-25(16-32(26)41(34)19-23-4-5-23)24-8-11-30(12-9-24)40-14-2-3-35(40)44/h6-13,16-17,21,23,28-29,33,36H,2-5,14-15,18-20H2,1H3/t28?,29?,33?,36-/m1/s1. The van der Waals surface area contributed by atoms with Crippen LogP contribution in [0.3, 0.4) is 0 Å². The average molecular weight is 596 g/mol. The molecule has 5 aromatic rings. The van der Waals surface area contributed by atoms with E-state index in [0.29, 0.717) is 18.4 Å². The molecule has 226 valence electrons. The minimum Gasteiger partial charge on any atom is -0.339 e. The van der Waals surface area contributed by atoms with E-state index in [4.69, 9.17) is 5.10 Å². The second-order valence-electron chi connectivity index (χ2n) is 14.4. The van der Waals surface area contributed by atoms with E-state index in [1.807, 2.05) is 21.7 Å². The van der Waals surface area contributed by atoms with E-state index in [0.717, 1.165) is 83.1 Å². The van der Waals surface area contributed by atoms with Crippen LogP contribution >= 0.6 is 0 Å². The molecule has 2 saturated heterocycles. The lowest BCUT2D eigenvalue weighted by Crippen LogP contribution is -2.53. The van der Waals surface area contributed by atoms with Gasteiger partial charge >= 0.3 is 0 Å². The number of aromatic nitrogens is 3. The van der Waals surface area contributed by atoms with Crippen LogP contribution in [0.25, 0.3) is 38.9 Å². The van der Waals surface area contributed by atoms with E-state index in [1.165, 1.54) is 42.1 Å². The van der Waals surface area contributed by atoms with Crippen LogP contribution in [0.4, 0.5) is 5.69 Å². The first-order chi connectivity index (χ1) is 22.0. The van der Waals surface area contributed by atoms with Gasteiger partial charge in [0.1, 0.15) is 5.69 Å². The molecule has 5 heterocycles. The molecule has 0 N–H and O–H groups in total. The number of likely N-dealkylation sites (tertiary alicyclic amines) is 1. The van der Waals surface area contributed by atoms with Crippen LogP contribution in [0.1, 0.15) is 54.4 Å². The Morgan fingerprint density at radius 2 is 1.78 bits per heavy atom. The molecule has 3 saturated carbocycles. The van der Waals surface area contributed by atoms with Crippen LogP contribution in [0.2, 0.25) is 0 Å². The normalized spacial score (nSPS) is 25.2. The summed E-state index contributed by atoms with van der Waals surface area (Å²) < 4.78 is 4.41. The zero-order valence-electron chi connectivity index (χ0n) is 25.7. The Bertz CT molecular complexity index is 2050. The second-order valence-corrected chi connectivity index (χ2v) is 14.4. The Labute approximate surface area is 262 Å². The average Bonchev–Trinajstić information content (AvgIpc) is 3.52. The molecule has 3 aromatic heterocycles. The van der Waals surface area contributed by atoms with E-state index in [-0.39, 0.29) is 11.8 Å². The third kappa shape index (κ3) is 3.85. The molecular formula is C38H37N5O2. The van der Waals surface area contributed by atoms with Gasteiger partial charge in [-0.05, 0) is 110 Å². The van der Waals surface area contributed by atoms with Crippen LogP contribution in [0.5, 0.6) is 0 Å². The summed E-state index contributed by atoms with van der Waals surface area (Å²) in [4.78, 5) is 29.9. The highest BCUT2D eigenvalue weighted by Crippen LogP contribution is 2.60. The molecule has 4 atom stereocenters. The number of hydrogen-bond acceptors (Lipinski definition) is 3. The molecule has 7 heteroatoms. The van der Waals surface area contributed by atoms with Gasteiger partial charge < -0.3 is 14.4 Å². The minimum atomic E-state index is 0.167. The highest BCUT2D eigenvalue weighted by atomic mass is 16.2. The molecule has 5 fully saturated rings. The zero-order chi connectivity index (χ0) is 30.0. The molecule has 2 aromatic carbocycles. The summed E-state index contributed by atoms with van der Waals surface area (Å²) in [5.74, 6) is 3.46. The molecule has 0 spiro atoms. The smallest absolute Gasteiger partial charge is 0.255 e. The van der Waals surface area contributed by atoms with Gasteiger partial charge in [-0.15, -0.1) is 0 Å². The highest BCUT2D eigenvalue weighted by Gasteiger charge is 2.61. The molecule has 5 aliphatic rings. The van der Waals surface area contributed by atoms with E-state index in [1.54, 1.807) is 0 Å². The van der Waals surface area contributed by atoms with Gasteiger partial charge in [0.05, 0.1) is 16.8 Å². The molecule has 45 heavy (non-hydrogen) atoms. The van der Waals surface area contributed by atoms with E-state index in [2.05, 4.69) is 71.0 Å². The maximum atomic E-state index is 13.6. The molecular weight excluding hydrogens is 558 g/mol. The fourth-order valence-electron chi connectivity index (χ4n) is 9.05. The molecule has 0 bridgehead atoms. The van der Waals surface area contributed by atoms with Crippen molar-refractivity contribution in [2.75, 3.05) is 18.0 Å². The molecule has 7 nitrogen and oxygen atoms in total. The zero-order valence-corrected chi connectivity index (χ0v) is 25.7.